The lowest BCUT2D eigenvalue weighted by Crippen LogP contribution is -2.81. The van der Waals surface area contributed by atoms with Crippen LogP contribution >= 0.6 is 11.8 Å². The Morgan fingerprint density at radius 3 is 2.55 bits per heavy atom. The number of thioether (sulfide) groups is 1. The van der Waals surface area contributed by atoms with E-state index >= 15 is 0 Å². The van der Waals surface area contributed by atoms with Gasteiger partial charge in [0.2, 0.25) is 0 Å². The SMILES string of the molecule is CO[C@@]1(NC(=O)C(=S=O)c2ccccc2)C(=O)N2C(C(=O)O)=C(COC(C)=O)CS[C@@H]21. The molecule has 1 fully saturated rings. The minimum absolute atomic E-state index is 0.0219. The molecule has 2 heterocycles. The third-order valence-corrected chi connectivity index (χ3v) is 6.67. The number of hydrogen-bond donors (Lipinski definition) is 2. The van der Waals surface area contributed by atoms with Crippen LogP contribution in [0.15, 0.2) is 41.6 Å². The van der Waals surface area contributed by atoms with Crippen molar-refractivity contribution in [1.29, 1.82) is 0 Å². The summed E-state index contributed by atoms with van der Waals surface area (Å²) in [5, 5.41) is 11.2. The standard InChI is InChI=1S/C19H18N2O8S2/c1-10(22)29-8-12-9-30-18-19(28-2,17(26)21(18)13(12)16(24)25)20-15(23)14(31-27)11-6-4-3-5-7-11/h3-7,18H,8-9H2,1-2H3,(H,20,23)(H,24,25)/t18-,19+/m1/s1. The zero-order valence-electron chi connectivity index (χ0n) is 16.4. The smallest absolute Gasteiger partial charge is 0.352 e. The average molecular weight is 466 g/mol. The van der Waals surface area contributed by atoms with Crippen molar-refractivity contribution in [3.8, 4) is 0 Å². The summed E-state index contributed by atoms with van der Waals surface area (Å²) in [5.41, 5.74) is -1.53. The van der Waals surface area contributed by atoms with E-state index in [1.165, 1.54) is 14.0 Å². The van der Waals surface area contributed by atoms with E-state index in [-0.39, 0.29) is 39.8 Å². The molecule has 2 aliphatic heterocycles. The molecular formula is C19H18N2O8S2. The van der Waals surface area contributed by atoms with Gasteiger partial charge < -0.3 is 19.9 Å². The highest BCUT2D eigenvalue weighted by Gasteiger charge is 2.66. The van der Waals surface area contributed by atoms with Crippen molar-refractivity contribution in [3.05, 3.63) is 47.2 Å². The van der Waals surface area contributed by atoms with Crippen LogP contribution in [0.4, 0.5) is 0 Å². The number of rotatable bonds is 7. The maximum absolute atomic E-state index is 13.0. The number of carbonyl (C=O) groups is 4. The summed E-state index contributed by atoms with van der Waals surface area (Å²) >= 11 is 1.12. The van der Waals surface area contributed by atoms with Gasteiger partial charge in [0.25, 0.3) is 17.5 Å². The van der Waals surface area contributed by atoms with Crippen LogP contribution in [0.1, 0.15) is 12.5 Å². The maximum atomic E-state index is 13.0. The van der Waals surface area contributed by atoms with E-state index in [0.717, 1.165) is 16.7 Å². The first-order valence-corrected chi connectivity index (χ1v) is 10.7. The van der Waals surface area contributed by atoms with Gasteiger partial charge in [-0.3, -0.25) is 19.3 Å². The first kappa shape index (κ1) is 22.7. The second-order valence-electron chi connectivity index (χ2n) is 6.55. The van der Waals surface area contributed by atoms with E-state index in [1.54, 1.807) is 30.3 Å². The van der Waals surface area contributed by atoms with Gasteiger partial charge in [0.15, 0.2) is 0 Å². The molecule has 164 valence electrons. The molecule has 31 heavy (non-hydrogen) atoms. The number of nitrogens with zero attached hydrogens (tertiary/aromatic N) is 1. The lowest BCUT2D eigenvalue weighted by atomic mass is 9.97. The quantitative estimate of drug-likeness (QED) is 0.182. The number of fused-ring (bicyclic) bond motifs is 1. The number of carbonyl (C=O) groups excluding carboxylic acids is 3. The number of hydrogen-bond acceptors (Lipinski definition) is 8. The second kappa shape index (κ2) is 9.04. The fourth-order valence-electron chi connectivity index (χ4n) is 3.28. The number of benzene rings is 1. The Morgan fingerprint density at radius 1 is 1.32 bits per heavy atom. The van der Waals surface area contributed by atoms with E-state index in [2.05, 4.69) is 5.32 Å². The van der Waals surface area contributed by atoms with Crippen molar-refractivity contribution in [2.45, 2.75) is 18.0 Å². The van der Waals surface area contributed by atoms with Crippen molar-refractivity contribution < 1.29 is 38.0 Å². The lowest BCUT2D eigenvalue weighted by molar-refractivity contribution is -0.191. The van der Waals surface area contributed by atoms with Gasteiger partial charge in [0.1, 0.15) is 33.8 Å². The van der Waals surface area contributed by atoms with Crippen LogP contribution in [-0.4, -0.2) is 73.4 Å². The molecule has 0 spiro atoms. The summed E-state index contributed by atoms with van der Waals surface area (Å²) in [4.78, 5) is 49.6. The molecule has 0 radical (unpaired) electrons. The molecule has 1 aromatic rings. The molecular weight excluding hydrogens is 448 g/mol. The van der Waals surface area contributed by atoms with Gasteiger partial charge in [0.05, 0.1) is 0 Å². The maximum Gasteiger partial charge on any atom is 0.352 e. The highest BCUT2D eigenvalue weighted by molar-refractivity contribution is 8.00. The summed E-state index contributed by atoms with van der Waals surface area (Å²) in [5.74, 6) is -3.44. The zero-order valence-corrected chi connectivity index (χ0v) is 18.1. The molecule has 2 amide bonds. The van der Waals surface area contributed by atoms with Crippen LogP contribution in [0.25, 0.3) is 0 Å². The first-order chi connectivity index (χ1) is 14.8. The Balaban J connectivity index is 1.89. The highest BCUT2D eigenvalue weighted by Crippen LogP contribution is 2.46. The third-order valence-electron chi connectivity index (χ3n) is 4.71. The summed E-state index contributed by atoms with van der Waals surface area (Å²) in [6.45, 7) is 0.917. The van der Waals surface area contributed by atoms with Crippen LogP contribution in [-0.2, 0) is 39.9 Å². The third kappa shape index (κ3) is 4.01. The number of carboxylic acid groups (broad SMARTS) is 1. The molecule has 0 unspecified atom stereocenters. The van der Waals surface area contributed by atoms with E-state index in [9.17, 15) is 28.5 Å². The van der Waals surface area contributed by atoms with Crippen molar-refractivity contribution in [3.63, 3.8) is 0 Å². The second-order valence-corrected chi connectivity index (χ2v) is 8.19. The number of aliphatic carboxylic acids is 1. The summed E-state index contributed by atoms with van der Waals surface area (Å²) in [7, 11) is 1.21. The van der Waals surface area contributed by atoms with Gasteiger partial charge in [-0.2, -0.15) is 0 Å². The molecule has 12 heteroatoms. The highest BCUT2D eigenvalue weighted by atomic mass is 32.2. The van der Waals surface area contributed by atoms with Gasteiger partial charge in [-0.1, -0.05) is 30.3 Å². The molecule has 1 aromatic carbocycles. The minimum Gasteiger partial charge on any atom is -0.477 e. The molecule has 1 saturated heterocycles. The van der Waals surface area contributed by atoms with Crippen molar-refractivity contribution in [2.75, 3.05) is 19.5 Å². The van der Waals surface area contributed by atoms with Crippen LogP contribution < -0.4 is 5.32 Å². The molecule has 10 nitrogen and oxygen atoms in total. The van der Waals surface area contributed by atoms with Crippen LogP contribution in [0.3, 0.4) is 0 Å². The summed E-state index contributed by atoms with van der Waals surface area (Å²) < 4.78 is 21.8. The molecule has 2 aliphatic rings. The number of amides is 2. The van der Waals surface area contributed by atoms with Crippen molar-refractivity contribution in [1.82, 2.24) is 10.2 Å². The molecule has 2 atom stereocenters. The first-order valence-electron chi connectivity index (χ1n) is 8.90. The average Bonchev–Trinajstić information content (AvgIpc) is 2.76. The Morgan fingerprint density at radius 2 is 2.00 bits per heavy atom. The number of ether oxygens (including phenoxy) is 2. The molecule has 2 N–H and O–H groups in total. The monoisotopic (exact) mass is 466 g/mol. The van der Waals surface area contributed by atoms with Crippen LogP contribution in [0.2, 0.25) is 0 Å². The number of esters is 1. The number of β-lactam (4-membered cyclic amide) rings is 1. The summed E-state index contributed by atoms with van der Waals surface area (Å²) in [6.07, 6.45) is 0. The predicted octanol–water partition coefficient (Wildman–Crippen LogP) is -0.304. The lowest BCUT2D eigenvalue weighted by Gasteiger charge is -2.55. The summed E-state index contributed by atoms with van der Waals surface area (Å²) in [6, 6.07) is 8.20. The fraction of sp³-hybridized carbons (Fsp3) is 0.316. The fourth-order valence-corrected chi connectivity index (χ4v) is 5.05. The zero-order chi connectivity index (χ0) is 22.8. The predicted molar refractivity (Wildman–Crippen MR) is 111 cm³/mol. The van der Waals surface area contributed by atoms with Gasteiger partial charge in [0, 0.05) is 30.9 Å². The van der Waals surface area contributed by atoms with Crippen molar-refractivity contribution in [2.24, 2.45) is 0 Å². The van der Waals surface area contributed by atoms with E-state index < -0.39 is 34.9 Å². The van der Waals surface area contributed by atoms with Gasteiger partial charge >= 0.3 is 11.9 Å². The number of nitrogens with one attached hydrogen (secondary N) is 1. The van der Waals surface area contributed by atoms with E-state index in [4.69, 9.17) is 9.47 Å². The Labute approximate surface area is 184 Å². The Bertz CT molecular complexity index is 1030. The molecule has 3 rings (SSSR count). The minimum atomic E-state index is -1.84. The van der Waals surface area contributed by atoms with Gasteiger partial charge in [-0.05, 0) is 0 Å². The largest absolute Gasteiger partial charge is 0.477 e. The Kier molecular flexibility index (Phi) is 6.62. The topological polar surface area (TPSA) is 139 Å². The van der Waals surface area contributed by atoms with Crippen molar-refractivity contribution >= 4 is 51.6 Å². The molecule has 0 saturated carbocycles. The Hall–Kier alpha value is -2.96. The molecule has 0 bridgehead atoms. The normalized spacial score (nSPS) is 22.2. The van der Waals surface area contributed by atoms with Crippen LogP contribution in [0.5, 0.6) is 0 Å². The molecule has 0 aliphatic carbocycles. The van der Waals surface area contributed by atoms with E-state index in [0.29, 0.717) is 5.56 Å². The number of methoxy groups -OCH3 is 1. The van der Waals surface area contributed by atoms with Crippen LogP contribution in [0, 0.1) is 0 Å². The number of carboxylic acids is 1. The molecule has 0 aromatic heterocycles. The van der Waals surface area contributed by atoms with Gasteiger partial charge in [-0.15, -0.1) is 11.8 Å². The van der Waals surface area contributed by atoms with E-state index in [1.807, 2.05) is 0 Å². The van der Waals surface area contributed by atoms with Gasteiger partial charge in [-0.25, -0.2) is 9.00 Å².